The van der Waals surface area contributed by atoms with Crippen LogP contribution in [0.5, 0.6) is 0 Å². The molecule has 1 saturated heterocycles. The summed E-state index contributed by atoms with van der Waals surface area (Å²) in [7, 11) is -1.31. The predicted molar refractivity (Wildman–Crippen MR) is 117 cm³/mol. The minimum Gasteiger partial charge on any atom is -0.371 e. The Kier molecular flexibility index (Phi) is 6.92. The highest BCUT2D eigenvalue weighted by atomic mass is 32.2. The lowest BCUT2D eigenvalue weighted by Gasteiger charge is -2.31. The third kappa shape index (κ3) is 6.05. The quantitative estimate of drug-likeness (QED) is 0.752. The number of amides is 1. The molecule has 2 aromatic rings. The van der Waals surface area contributed by atoms with E-state index in [9.17, 15) is 13.2 Å². The molecule has 0 saturated carbocycles. The zero-order chi connectivity index (χ0) is 20.9. The second kappa shape index (κ2) is 9.41. The van der Waals surface area contributed by atoms with Crippen molar-refractivity contribution in [1.29, 1.82) is 0 Å². The summed E-state index contributed by atoms with van der Waals surface area (Å²) in [6.45, 7) is 3.12. The molecule has 0 unspecified atom stereocenters. The summed E-state index contributed by atoms with van der Waals surface area (Å²) < 4.78 is 23.1. The van der Waals surface area contributed by atoms with E-state index in [0.717, 1.165) is 19.3 Å². The van der Waals surface area contributed by atoms with Gasteiger partial charge in [-0.3, -0.25) is 9.69 Å². The number of nitrogens with zero attached hydrogens (tertiary/aromatic N) is 2. The standard InChI is InChI=1S/C22H29N3O3S/c1-24(16-18-8-4-5-9-21(18)25-14-6-3-7-15-25)17-22(26)23-19-10-12-20(13-11-19)29(2,27)28/h4-5,8-13H,3,6-7,14-17H2,1-2H3,(H,23,26). The zero-order valence-electron chi connectivity index (χ0n) is 17.1. The van der Waals surface area contributed by atoms with Gasteiger partial charge in [0.15, 0.2) is 9.84 Å². The van der Waals surface area contributed by atoms with Crippen molar-refractivity contribution in [1.82, 2.24) is 4.90 Å². The Morgan fingerprint density at radius 1 is 1.03 bits per heavy atom. The second-order valence-electron chi connectivity index (χ2n) is 7.69. The molecule has 1 aliphatic rings. The number of carbonyl (C=O) groups is 1. The molecule has 29 heavy (non-hydrogen) atoms. The first-order valence-electron chi connectivity index (χ1n) is 9.94. The summed E-state index contributed by atoms with van der Waals surface area (Å²) in [5.41, 5.74) is 3.07. The van der Waals surface area contributed by atoms with E-state index in [2.05, 4.69) is 28.4 Å². The van der Waals surface area contributed by atoms with Crippen molar-refractivity contribution in [3.05, 3.63) is 54.1 Å². The summed E-state index contributed by atoms with van der Waals surface area (Å²) in [5.74, 6) is -0.130. The Morgan fingerprint density at radius 2 is 1.69 bits per heavy atom. The average Bonchev–Trinajstić information content (AvgIpc) is 2.68. The monoisotopic (exact) mass is 415 g/mol. The lowest BCUT2D eigenvalue weighted by Crippen LogP contribution is -2.33. The van der Waals surface area contributed by atoms with Gasteiger partial charge < -0.3 is 10.2 Å². The van der Waals surface area contributed by atoms with Gasteiger partial charge in [0.05, 0.1) is 11.4 Å². The number of hydrogen-bond donors (Lipinski definition) is 1. The number of rotatable bonds is 7. The fraction of sp³-hybridized carbons (Fsp3) is 0.409. The maximum Gasteiger partial charge on any atom is 0.238 e. The average molecular weight is 416 g/mol. The fourth-order valence-corrected chi connectivity index (χ4v) is 4.30. The van der Waals surface area contributed by atoms with Crippen LogP contribution < -0.4 is 10.2 Å². The van der Waals surface area contributed by atoms with E-state index >= 15 is 0 Å². The number of anilines is 2. The van der Waals surface area contributed by atoms with Gasteiger partial charge in [-0.2, -0.15) is 0 Å². The number of para-hydroxylation sites is 1. The van der Waals surface area contributed by atoms with E-state index in [0.29, 0.717) is 12.2 Å². The topological polar surface area (TPSA) is 69.7 Å². The molecule has 0 spiro atoms. The highest BCUT2D eigenvalue weighted by Gasteiger charge is 2.16. The molecular formula is C22H29N3O3S. The number of hydrogen-bond acceptors (Lipinski definition) is 5. The van der Waals surface area contributed by atoms with E-state index in [1.807, 2.05) is 18.0 Å². The Balaban J connectivity index is 1.58. The summed E-state index contributed by atoms with van der Waals surface area (Å²) in [5, 5.41) is 2.83. The van der Waals surface area contributed by atoms with Gasteiger partial charge in [0.25, 0.3) is 0 Å². The Morgan fingerprint density at radius 3 is 2.34 bits per heavy atom. The molecule has 7 heteroatoms. The molecular weight excluding hydrogens is 386 g/mol. The Bertz CT molecular complexity index is 936. The number of benzene rings is 2. The van der Waals surface area contributed by atoms with Crippen molar-refractivity contribution in [2.75, 3.05) is 43.2 Å². The van der Waals surface area contributed by atoms with Crippen molar-refractivity contribution in [2.45, 2.75) is 30.7 Å². The van der Waals surface area contributed by atoms with Crippen LogP contribution in [0.4, 0.5) is 11.4 Å². The van der Waals surface area contributed by atoms with Gasteiger partial charge in [0.2, 0.25) is 5.91 Å². The molecule has 3 rings (SSSR count). The van der Waals surface area contributed by atoms with Gasteiger partial charge in [-0.1, -0.05) is 18.2 Å². The Hall–Kier alpha value is -2.38. The molecule has 1 amide bonds. The molecule has 1 heterocycles. The number of likely N-dealkylation sites (N-methyl/N-ethyl adjacent to an activating group) is 1. The third-order valence-electron chi connectivity index (χ3n) is 5.11. The molecule has 2 aromatic carbocycles. The highest BCUT2D eigenvalue weighted by molar-refractivity contribution is 7.90. The molecule has 0 radical (unpaired) electrons. The van der Waals surface area contributed by atoms with Gasteiger partial charge in [-0.05, 0) is 62.2 Å². The minimum absolute atomic E-state index is 0.130. The van der Waals surface area contributed by atoms with Gasteiger partial charge in [-0.15, -0.1) is 0 Å². The van der Waals surface area contributed by atoms with E-state index in [1.165, 1.54) is 42.6 Å². The van der Waals surface area contributed by atoms with Gasteiger partial charge in [-0.25, -0.2) is 8.42 Å². The van der Waals surface area contributed by atoms with Crippen LogP contribution in [0.1, 0.15) is 24.8 Å². The SMILES string of the molecule is CN(CC(=O)Nc1ccc(S(C)(=O)=O)cc1)Cc1ccccc1N1CCCCC1. The highest BCUT2D eigenvalue weighted by Crippen LogP contribution is 2.25. The van der Waals surface area contributed by atoms with Crippen LogP contribution in [0.25, 0.3) is 0 Å². The molecule has 156 valence electrons. The first kappa shape index (κ1) is 21.3. The summed E-state index contributed by atoms with van der Waals surface area (Å²) in [4.78, 5) is 17.1. The molecule has 6 nitrogen and oxygen atoms in total. The lowest BCUT2D eigenvalue weighted by molar-refractivity contribution is -0.117. The maximum absolute atomic E-state index is 12.4. The second-order valence-corrected chi connectivity index (χ2v) is 9.71. The number of carbonyl (C=O) groups excluding carboxylic acids is 1. The lowest BCUT2D eigenvalue weighted by atomic mass is 10.1. The van der Waals surface area contributed by atoms with Gasteiger partial charge in [0.1, 0.15) is 0 Å². The third-order valence-corrected chi connectivity index (χ3v) is 6.24. The summed E-state index contributed by atoms with van der Waals surface area (Å²) in [6.07, 6.45) is 4.91. The van der Waals surface area contributed by atoms with Crippen molar-refractivity contribution in [3.63, 3.8) is 0 Å². The summed E-state index contributed by atoms with van der Waals surface area (Å²) in [6, 6.07) is 14.6. The van der Waals surface area contributed by atoms with Crippen LogP contribution in [0.3, 0.4) is 0 Å². The number of piperidine rings is 1. The van der Waals surface area contributed by atoms with Crippen LogP contribution in [-0.2, 0) is 21.2 Å². The first-order valence-corrected chi connectivity index (χ1v) is 11.8. The van der Waals surface area contributed by atoms with E-state index < -0.39 is 9.84 Å². The molecule has 1 fully saturated rings. The maximum atomic E-state index is 12.4. The summed E-state index contributed by atoms with van der Waals surface area (Å²) >= 11 is 0. The van der Waals surface area contributed by atoms with Crippen LogP contribution >= 0.6 is 0 Å². The van der Waals surface area contributed by atoms with Crippen LogP contribution in [-0.4, -0.2) is 52.2 Å². The first-order chi connectivity index (χ1) is 13.8. The van der Waals surface area contributed by atoms with Crippen LogP contribution in [0.2, 0.25) is 0 Å². The zero-order valence-corrected chi connectivity index (χ0v) is 17.9. The van der Waals surface area contributed by atoms with E-state index in [-0.39, 0.29) is 17.3 Å². The molecule has 0 bridgehead atoms. The normalized spacial score (nSPS) is 14.8. The van der Waals surface area contributed by atoms with Crippen molar-refractivity contribution >= 4 is 27.1 Å². The van der Waals surface area contributed by atoms with Crippen molar-refractivity contribution < 1.29 is 13.2 Å². The molecule has 1 N–H and O–H groups in total. The predicted octanol–water partition coefficient (Wildman–Crippen LogP) is 3.15. The van der Waals surface area contributed by atoms with Gasteiger partial charge >= 0.3 is 0 Å². The molecule has 1 aliphatic heterocycles. The van der Waals surface area contributed by atoms with Crippen molar-refractivity contribution in [2.24, 2.45) is 0 Å². The van der Waals surface area contributed by atoms with Crippen LogP contribution in [0, 0.1) is 0 Å². The Labute approximate surface area is 173 Å². The van der Waals surface area contributed by atoms with Crippen molar-refractivity contribution in [3.8, 4) is 0 Å². The minimum atomic E-state index is -3.24. The molecule has 0 atom stereocenters. The largest absolute Gasteiger partial charge is 0.371 e. The fourth-order valence-electron chi connectivity index (χ4n) is 3.67. The van der Waals surface area contributed by atoms with E-state index in [1.54, 1.807) is 12.1 Å². The van der Waals surface area contributed by atoms with Crippen LogP contribution in [0.15, 0.2) is 53.4 Å². The molecule has 0 aliphatic carbocycles. The smallest absolute Gasteiger partial charge is 0.238 e. The van der Waals surface area contributed by atoms with E-state index in [4.69, 9.17) is 0 Å². The van der Waals surface area contributed by atoms with Gasteiger partial charge in [0, 0.05) is 37.3 Å². The number of nitrogens with one attached hydrogen (secondary N) is 1. The number of sulfone groups is 1. The molecule has 0 aromatic heterocycles.